The number of rotatable bonds is 3. The first kappa shape index (κ1) is 20.6. The quantitative estimate of drug-likeness (QED) is 0.427. The lowest BCUT2D eigenvalue weighted by atomic mass is 9.73. The molecule has 1 N–H and O–H groups in total. The van der Waals surface area contributed by atoms with Gasteiger partial charge in [0.1, 0.15) is 8.07 Å². The number of nitrogens with one attached hydrogen (secondary N) is 1. The monoisotopic (exact) mass is 430 g/mol. The van der Waals surface area contributed by atoms with Crippen LogP contribution < -0.4 is 5.32 Å². The molecule has 0 fully saturated rings. The third-order valence-electron chi connectivity index (χ3n) is 5.54. The minimum atomic E-state index is -1.46. The topological polar surface area (TPSA) is 42.0 Å². The van der Waals surface area contributed by atoms with Crippen LogP contribution in [0.4, 0.5) is 5.13 Å². The molecular formula is C25H26N2OSSi. The molecule has 0 bridgehead atoms. The molecule has 1 aromatic heterocycles. The summed E-state index contributed by atoms with van der Waals surface area (Å²) in [4.78, 5) is 17.7. The second-order valence-electron chi connectivity index (χ2n) is 9.14. The summed E-state index contributed by atoms with van der Waals surface area (Å²) in [5.74, 6) is 3.37. The van der Waals surface area contributed by atoms with Crippen LogP contribution in [0.3, 0.4) is 0 Å². The van der Waals surface area contributed by atoms with Crippen molar-refractivity contribution < 1.29 is 4.79 Å². The maximum absolute atomic E-state index is 13.5. The van der Waals surface area contributed by atoms with Gasteiger partial charge < -0.3 is 5.32 Å². The molecule has 1 amide bonds. The Morgan fingerprint density at radius 3 is 2.63 bits per heavy atom. The van der Waals surface area contributed by atoms with Crippen molar-refractivity contribution in [2.45, 2.75) is 38.9 Å². The second kappa shape index (κ2) is 7.86. The fourth-order valence-corrected chi connectivity index (χ4v) is 5.18. The Kier molecular flexibility index (Phi) is 5.39. The van der Waals surface area contributed by atoms with E-state index in [1.807, 2.05) is 23.6 Å². The number of anilines is 1. The highest BCUT2D eigenvalue weighted by molar-refractivity contribution is 7.13. The van der Waals surface area contributed by atoms with Crippen molar-refractivity contribution >= 4 is 30.4 Å². The molecule has 0 saturated heterocycles. The van der Waals surface area contributed by atoms with Crippen molar-refractivity contribution in [1.82, 2.24) is 4.98 Å². The normalized spacial score (nSPS) is 20.2. The molecule has 30 heavy (non-hydrogen) atoms. The highest BCUT2D eigenvalue weighted by Gasteiger charge is 2.48. The lowest BCUT2D eigenvalue weighted by Gasteiger charge is -2.31. The number of nitrogens with zero attached hydrogens (tertiary/aromatic N) is 1. The first-order valence-corrected chi connectivity index (χ1v) is 14.6. The largest absolute Gasteiger partial charge is 0.301 e. The predicted octanol–water partition coefficient (Wildman–Crippen LogP) is 5.71. The number of carbonyl (C=O) groups is 1. The maximum atomic E-state index is 13.5. The van der Waals surface area contributed by atoms with Crippen LogP contribution in [0.15, 0.2) is 60.1 Å². The Hall–Kier alpha value is -2.68. The first-order chi connectivity index (χ1) is 14.3. The van der Waals surface area contributed by atoms with Gasteiger partial charge in [0.15, 0.2) is 5.13 Å². The summed E-state index contributed by atoms with van der Waals surface area (Å²) < 4.78 is 0. The zero-order valence-corrected chi connectivity index (χ0v) is 19.6. The van der Waals surface area contributed by atoms with E-state index >= 15 is 0 Å². The summed E-state index contributed by atoms with van der Waals surface area (Å²) >= 11 is 1.44. The van der Waals surface area contributed by atoms with Crippen molar-refractivity contribution in [2.24, 2.45) is 5.41 Å². The molecule has 5 heteroatoms. The molecule has 152 valence electrons. The number of benzene rings is 2. The summed E-state index contributed by atoms with van der Waals surface area (Å²) in [7, 11) is -1.46. The molecule has 0 radical (unpaired) electrons. The van der Waals surface area contributed by atoms with Crippen LogP contribution in [0.5, 0.6) is 0 Å². The molecule has 2 unspecified atom stereocenters. The van der Waals surface area contributed by atoms with E-state index in [1.165, 1.54) is 22.5 Å². The molecule has 0 saturated carbocycles. The minimum absolute atomic E-state index is 0.0113. The minimum Gasteiger partial charge on any atom is -0.301 e. The Morgan fingerprint density at radius 1 is 1.20 bits per heavy atom. The molecule has 2 atom stereocenters. The summed E-state index contributed by atoms with van der Waals surface area (Å²) in [5, 5.41) is 5.56. The van der Waals surface area contributed by atoms with E-state index < -0.39 is 13.5 Å². The van der Waals surface area contributed by atoms with Crippen LogP contribution in [0.1, 0.15) is 35.1 Å². The van der Waals surface area contributed by atoms with E-state index in [1.54, 1.807) is 6.20 Å². The fraction of sp³-hybridized carbons (Fsp3) is 0.280. The summed E-state index contributed by atoms with van der Waals surface area (Å²) in [6.07, 6.45) is 2.41. The molecule has 1 aliphatic rings. The molecule has 0 aliphatic heterocycles. The zero-order chi connectivity index (χ0) is 21.4. The Labute approximate surface area is 183 Å². The summed E-state index contributed by atoms with van der Waals surface area (Å²) in [6, 6.07) is 16.8. The Morgan fingerprint density at radius 2 is 1.97 bits per heavy atom. The number of carbonyl (C=O) groups excluding carboxylic acids is 1. The van der Waals surface area contributed by atoms with Gasteiger partial charge in [-0.3, -0.25) is 4.79 Å². The van der Waals surface area contributed by atoms with E-state index in [0.717, 1.165) is 11.1 Å². The zero-order valence-electron chi connectivity index (χ0n) is 17.8. The van der Waals surface area contributed by atoms with Gasteiger partial charge in [-0.05, 0) is 42.2 Å². The van der Waals surface area contributed by atoms with Crippen molar-refractivity contribution in [3.05, 3.63) is 82.4 Å². The third-order valence-corrected chi connectivity index (χ3v) is 7.10. The van der Waals surface area contributed by atoms with Crippen LogP contribution in [-0.4, -0.2) is 19.0 Å². The van der Waals surface area contributed by atoms with Gasteiger partial charge in [-0.15, -0.1) is 16.9 Å². The van der Waals surface area contributed by atoms with Gasteiger partial charge in [0, 0.05) is 23.1 Å². The smallest absolute Gasteiger partial charge is 0.233 e. The molecule has 1 aliphatic carbocycles. The highest BCUT2D eigenvalue weighted by atomic mass is 32.1. The number of amides is 1. The van der Waals surface area contributed by atoms with Crippen LogP contribution >= 0.6 is 11.3 Å². The van der Waals surface area contributed by atoms with Gasteiger partial charge in [-0.2, -0.15) is 0 Å². The second-order valence-corrected chi connectivity index (χ2v) is 14.8. The molecule has 2 aromatic carbocycles. The van der Waals surface area contributed by atoms with Crippen molar-refractivity contribution in [3.63, 3.8) is 0 Å². The molecule has 0 spiro atoms. The summed E-state index contributed by atoms with van der Waals surface area (Å²) in [6.45, 7) is 8.82. The van der Waals surface area contributed by atoms with Crippen molar-refractivity contribution in [2.75, 3.05) is 5.32 Å². The lowest BCUT2D eigenvalue weighted by molar-refractivity contribution is -0.125. The molecule has 4 rings (SSSR count). The number of fused-ring (bicyclic) bond motifs is 1. The van der Waals surface area contributed by atoms with Crippen LogP contribution in [0.25, 0.3) is 0 Å². The predicted molar refractivity (Wildman–Crippen MR) is 128 cm³/mol. The fourth-order valence-electron chi connectivity index (χ4n) is 4.13. The Bertz CT molecular complexity index is 1120. The number of aromatic nitrogens is 1. The number of hydrogen-bond acceptors (Lipinski definition) is 3. The van der Waals surface area contributed by atoms with Crippen LogP contribution in [0, 0.1) is 16.9 Å². The van der Waals surface area contributed by atoms with Crippen molar-refractivity contribution in [3.8, 4) is 11.5 Å². The lowest BCUT2D eigenvalue weighted by Crippen LogP contribution is -2.37. The standard InChI is InChI=1S/C25H26N2OSSi/c1-25(23(28)27-24-26-13-14-29-24)17-20-11-10-18(12-15-30(2,3)4)16-21(20)22(25)19-8-6-5-7-9-19/h5-11,13-14,16,22H,17H2,1-4H3,(H,26,27,28). The average Bonchev–Trinajstić information content (AvgIpc) is 3.31. The highest BCUT2D eigenvalue weighted by Crippen LogP contribution is 2.51. The average molecular weight is 431 g/mol. The summed E-state index contributed by atoms with van der Waals surface area (Å²) in [5.41, 5.74) is 7.48. The van der Waals surface area contributed by atoms with E-state index in [0.29, 0.717) is 11.6 Å². The van der Waals surface area contributed by atoms with Gasteiger partial charge >= 0.3 is 0 Å². The Balaban J connectivity index is 1.78. The maximum Gasteiger partial charge on any atom is 0.233 e. The van der Waals surface area contributed by atoms with E-state index in [9.17, 15) is 4.79 Å². The molecule has 1 heterocycles. The van der Waals surface area contributed by atoms with Crippen LogP contribution in [0.2, 0.25) is 19.6 Å². The van der Waals surface area contributed by atoms with Gasteiger partial charge in [0.05, 0.1) is 5.41 Å². The molecular weight excluding hydrogens is 404 g/mol. The van der Waals surface area contributed by atoms with Crippen LogP contribution in [-0.2, 0) is 11.2 Å². The number of hydrogen-bond donors (Lipinski definition) is 1. The van der Waals surface area contributed by atoms with E-state index in [2.05, 4.69) is 78.7 Å². The van der Waals surface area contributed by atoms with Gasteiger partial charge in [0.25, 0.3) is 0 Å². The molecule has 3 nitrogen and oxygen atoms in total. The van der Waals surface area contributed by atoms with E-state index in [-0.39, 0.29) is 11.8 Å². The van der Waals surface area contributed by atoms with Gasteiger partial charge in [0.2, 0.25) is 5.91 Å². The molecule has 3 aromatic rings. The van der Waals surface area contributed by atoms with E-state index in [4.69, 9.17) is 0 Å². The van der Waals surface area contributed by atoms with Crippen molar-refractivity contribution in [1.29, 1.82) is 0 Å². The van der Waals surface area contributed by atoms with Gasteiger partial charge in [-0.1, -0.05) is 62.0 Å². The third kappa shape index (κ3) is 4.11. The first-order valence-electron chi connectivity index (χ1n) is 10.2. The number of thiazole rings is 1. The SMILES string of the molecule is CC1(C(=O)Nc2nccs2)Cc2ccc(C#C[Si](C)(C)C)cc2C1c1ccccc1. The van der Waals surface area contributed by atoms with Gasteiger partial charge in [-0.25, -0.2) is 4.98 Å².